The maximum absolute atomic E-state index is 9.65. The Morgan fingerprint density at radius 1 is 1.54 bits per heavy atom. The van der Waals surface area contributed by atoms with E-state index in [1.165, 1.54) is 19.3 Å². The Morgan fingerprint density at radius 3 is 2.85 bits per heavy atom. The molecular formula is C10H19NO2. The van der Waals surface area contributed by atoms with Crippen LogP contribution < -0.4 is 5.73 Å². The number of ether oxygens (including phenoxy) is 1. The van der Waals surface area contributed by atoms with Gasteiger partial charge in [-0.1, -0.05) is 0 Å². The minimum Gasteiger partial charge on any atom is -0.392 e. The second-order valence-electron chi connectivity index (χ2n) is 4.44. The SMILES string of the molecule is NCC(O)C1CCOC2(CCC2)C1. The Morgan fingerprint density at radius 2 is 2.31 bits per heavy atom. The zero-order chi connectivity index (χ0) is 9.31. The molecule has 2 atom stereocenters. The van der Waals surface area contributed by atoms with Crippen molar-refractivity contribution in [3.63, 3.8) is 0 Å². The van der Waals surface area contributed by atoms with Crippen molar-refractivity contribution in [2.24, 2.45) is 11.7 Å². The minimum absolute atomic E-state index is 0.138. The van der Waals surface area contributed by atoms with Gasteiger partial charge in [0, 0.05) is 13.2 Å². The smallest absolute Gasteiger partial charge is 0.0692 e. The fourth-order valence-corrected chi connectivity index (χ4v) is 2.51. The van der Waals surface area contributed by atoms with Crippen LogP contribution in [0.15, 0.2) is 0 Å². The summed E-state index contributed by atoms with van der Waals surface area (Å²) in [4.78, 5) is 0. The van der Waals surface area contributed by atoms with Crippen molar-refractivity contribution >= 4 is 0 Å². The van der Waals surface area contributed by atoms with Gasteiger partial charge in [0.1, 0.15) is 0 Å². The first-order chi connectivity index (χ1) is 6.26. The molecule has 13 heavy (non-hydrogen) atoms. The third-order valence-electron chi connectivity index (χ3n) is 3.58. The van der Waals surface area contributed by atoms with Crippen molar-refractivity contribution in [3.8, 4) is 0 Å². The molecule has 1 spiro atoms. The summed E-state index contributed by atoms with van der Waals surface area (Å²) in [5.41, 5.74) is 5.60. The molecule has 2 rings (SSSR count). The fraction of sp³-hybridized carbons (Fsp3) is 1.00. The van der Waals surface area contributed by atoms with Gasteiger partial charge in [0.25, 0.3) is 0 Å². The lowest BCUT2D eigenvalue weighted by molar-refractivity contribution is -0.155. The molecule has 1 aliphatic carbocycles. The number of aliphatic hydroxyl groups excluding tert-OH is 1. The number of rotatable bonds is 2. The van der Waals surface area contributed by atoms with E-state index < -0.39 is 0 Å². The molecule has 2 aliphatic rings. The third kappa shape index (κ3) is 1.73. The Hall–Kier alpha value is -0.120. The molecule has 1 aliphatic heterocycles. The second kappa shape index (κ2) is 3.56. The summed E-state index contributed by atoms with van der Waals surface area (Å²) < 4.78 is 5.77. The number of aliphatic hydroxyl groups is 1. The molecule has 1 heterocycles. The molecule has 0 aromatic rings. The molecule has 0 radical (unpaired) electrons. The van der Waals surface area contributed by atoms with Crippen molar-refractivity contribution < 1.29 is 9.84 Å². The first kappa shape index (κ1) is 9.44. The Bertz CT molecular complexity index is 180. The Balaban J connectivity index is 1.92. The monoisotopic (exact) mass is 185 g/mol. The highest BCUT2D eigenvalue weighted by molar-refractivity contribution is 4.95. The predicted molar refractivity (Wildman–Crippen MR) is 50.3 cm³/mol. The van der Waals surface area contributed by atoms with Gasteiger partial charge in [0.15, 0.2) is 0 Å². The van der Waals surface area contributed by atoms with Gasteiger partial charge >= 0.3 is 0 Å². The summed E-state index contributed by atoms with van der Waals surface area (Å²) in [7, 11) is 0. The zero-order valence-electron chi connectivity index (χ0n) is 8.04. The maximum atomic E-state index is 9.65. The van der Waals surface area contributed by atoms with Gasteiger partial charge in [0.2, 0.25) is 0 Å². The molecule has 0 aromatic heterocycles. The maximum Gasteiger partial charge on any atom is 0.0692 e. The largest absolute Gasteiger partial charge is 0.392 e. The summed E-state index contributed by atoms with van der Waals surface area (Å²) in [6.07, 6.45) is 5.32. The Labute approximate surface area is 79.3 Å². The summed E-state index contributed by atoms with van der Waals surface area (Å²) in [6, 6.07) is 0. The van der Waals surface area contributed by atoms with Crippen molar-refractivity contribution in [1.29, 1.82) is 0 Å². The van der Waals surface area contributed by atoms with Gasteiger partial charge in [-0.25, -0.2) is 0 Å². The van der Waals surface area contributed by atoms with Crippen LogP contribution in [-0.2, 0) is 4.74 Å². The van der Waals surface area contributed by atoms with Gasteiger partial charge in [-0.3, -0.25) is 0 Å². The second-order valence-corrected chi connectivity index (χ2v) is 4.44. The number of hydrogen-bond donors (Lipinski definition) is 2. The number of nitrogens with two attached hydrogens (primary N) is 1. The standard InChI is InChI=1S/C10H19NO2/c11-7-9(12)8-2-5-13-10(6-8)3-1-4-10/h8-9,12H,1-7,11H2. The quantitative estimate of drug-likeness (QED) is 0.664. The molecule has 1 saturated heterocycles. The van der Waals surface area contributed by atoms with Crippen LogP contribution in [0, 0.1) is 5.92 Å². The average Bonchev–Trinajstić information content (AvgIpc) is 2.14. The molecule has 2 fully saturated rings. The lowest BCUT2D eigenvalue weighted by atomic mass is 9.71. The van der Waals surface area contributed by atoms with Crippen molar-refractivity contribution in [1.82, 2.24) is 0 Å². The van der Waals surface area contributed by atoms with Crippen LogP contribution in [0.3, 0.4) is 0 Å². The molecule has 1 saturated carbocycles. The molecule has 0 bridgehead atoms. The van der Waals surface area contributed by atoms with E-state index in [9.17, 15) is 5.11 Å². The van der Waals surface area contributed by atoms with E-state index in [1.807, 2.05) is 0 Å². The van der Waals surface area contributed by atoms with E-state index >= 15 is 0 Å². The van der Waals surface area contributed by atoms with Crippen molar-refractivity contribution in [3.05, 3.63) is 0 Å². The van der Waals surface area contributed by atoms with Gasteiger partial charge < -0.3 is 15.6 Å². The topological polar surface area (TPSA) is 55.5 Å². The normalized spacial score (nSPS) is 34.2. The van der Waals surface area contributed by atoms with Crippen LogP contribution in [0.1, 0.15) is 32.1 Å². The van der Waals surface area contributed by atoms with Crippen LogP contribution in [0.25, 0.3) is 0 Å². The highest BCUT2D eigenvalue weighted by Gasteiger charge is 2.43. The van der Waals surface area contributed by atoms with E-state index in [4.69, 9.17) is 10.5 Å². The van der Waals surface area contributed by atoms with Gasteiger partial charge in [-0.2, -0.15) is 0 Å². The highest BCUT2D eigenvalue weighted by Crippen LogP contribution is 2.44. The summed E-state index contributed by atoms with van der Waals surface area (Å²) in [5, 5.41) is 9.65. The van der Waals surface area contributed by atoms with Crippen LogP contribution >= 0.6 is 0 Å². The van der Waals surface area contributed by atoms with E-state index in [-0.39, 0.29) is 11.7 Å². The predicted octanol–water partition coefficient (Wildman–Crippen LogP) is 0.655. The van der Waals surface area contributed by atoms with Crippen LogP contribution in [0.4, 0.5) is 0 Å². The molecule has 76 valence electrons. The van der Waals surface area contributed by atoms with E-state index in [0.717, 1.165) is 19.4 Å². The molecule has 3 heteroatoms. The summed E-state index contributed by atoms with van der Waals surface area (Å²) >= 11 is 0. The first-order valence-electron chi connectivity index (χ1n) is 5.28. The van der Waals surface area contributed by atoms with Crippen molar-refractivity contribution in [2.45, 2.75) is 43.8 Å². The van der Waals surface area contributed by atoms with Crippen LogP contribution in [0.5, 0.6) is 0 Å². The molecule has 3 N–H and O–H groups in total. The molecule has 0 aromatic carbocycles. The molecule has 0 amide bonds. The lowest BCUT2D eigenvalue weighted by Crippen LogP contribution is -2.48. The third-order valence-corrected chi connectivity index (χ3v) is 3.58. The zero-order valence-corrected chi connectivity index (χ0v) is 8.04. The average molecular weight is 185 g/mol. The molecule has 3 nitrogen and oxygen atoms in total. The lowest BCUT2D eigenvalue weighted by Gasteiger charge is -2.48. The van der Waals surface area contributed by atoms with Crippen LogP contribution in [0.2, 0.25) is 0 Å². The number of hydrogen-bond acceptors (Lipinski definition) is 3. The van der Waals surface area contributed by atoms with Gasteiger partial charge in [0.05, 0.1) is 11.7 Å². The first-order valence-corrected chi connectivity index (χ1v) is 5.28. The van der Waals surface area contributed by atoms with E-state index in [1.54, 1.807) is 0 Å². The fourth-order valence-electron chi connectivity index (χ4n) is 2.51. The molecular weight excluding hydrogens is 166 g/mol. The summed E-state index contributed by atoms with van der Waals surface area (Å²) in [5.74, 6) is 0.374. The van der Waals surface area contributed by atoms with E-state index in [0.29, 0.717) is 12.5 Å². The molecule has 2 unspecified atom stereocenters. The Kier molecular flexibility index (Phi) is 2.58. The minimum atomic E-state index is -0.318. The van der Waals surface area contributed by atoms with Gasteiger partial charge in [-0.15, -0.1) is 0 Å². The van der Waals surface area contributed by atoms with Crippen LogP contribution in [-0.4, -0.2) is 30.0 Å². The van der Waals surface area contributed by atoms with Crippen molar-refractivity contribution in [2.75, 3.05) is 13.2 Å². The van der Waals surface area contributed by atoms with Gasteiger partial charge in [-0.05, 0) is 38.0 Å². The summed E-state index contributed by atoms with van der Waals surface area (Å²) in [6.45, 7) is 1.20. The highest BCUT2D eigenvalue weighted by atomic mass is 16.5. The van der Waals surface area contributed by atoms with E-state index in [2.05, 4.69) is 0 Å².